The van der Waals surface area contributed by atoms with E-state index in [4.69, 9.17) is 14.8 Å². The van der Waals surface area contributed by atoms with Gasteiger partial charge < -0.3 is 14.8 Å². The molecule has 0 saturated carbocycles. The van der Waals surface area contributed by atoms with Gasteiger partial charge in [-0.25, -0.2) is 4.39 Å². The molecule has 0 radical (unpaired) electrons. The van der Waals surface area contributed by atoms with Gasteiger partial charge in [-0.3, -0.25) is 0 Å². The second kappa shape index (κ2) is 5.20. The van der Waals surface area contributed by atoms with Crippen LogP contribution in [0.25, 0.3) is 0 Å². The van der Waals surface area contributed by atoms with Crippen molar-refractivity contribution in [1.82, 2.24) is 0 Å². The summed E-state index contributed by atoms with van der Waals surface area (Å²) in [6.07, 6.45) is 0. The van der Waals surface area contributed by atoms with Gasteiger partial charge in [0, 0.05) is 0 Å². The van der Waals surface area contributed by atoms with E-state index in [1.54, 1.807) is 12.1 Å². The average molecular weight is 246 g/mol. The van der Waals surface area contributed by atoms with Crippen molar-refractivity contribution in [3.8, 4) is 11.5 Å². The van der Waals surface area contributed by atoms with Crippen molar-refractivity contribution in [3.05, 3.63) is 53.8 Å². The van der Waals surface area contributed by atoms with E-state index in [2.05, 4.69) is 0 Å². The number of hydrogen-bond acceptors (Lipinski definition) is 3. The van der Waals surface area contributed by atoms with Crippen LogP contribution in [-0.4, -0.2) is 17.2 Å². The third-order valence-electron chi connectivity index (χ3n) is 2.47. The summed E-state index contributed by atoms with van der Waals surface area (Å²) in [4.78, 5) is 0. The molecule has 0 atom stereocenters. The fourth-order valence-electron chi connectivity index (χ4n) is 1.57. The van der Waals surface area contributed by atoms with Crippen molar-refractivity contribution in [2.75, 3.05) is 0 Å². The quantitative estimate of drug-likeness (QED) is 0.809. The van der Waals surface area contributed by atoms with E-state index >= 15 is 0 Å². The zero-order chi connectivity index (χ0) is 13.1. The smallest absolute Gasteiger partial charge is 0.454 e. The van der Waals surface area contributed by atoms with Crippen molar-refractivity contribution in [1.29, 1.82) is 0 Å². The SMILES string of the molecule is Cc1cccc(Oc2ccc(B(O)O)cc2F)c1. The molecule has 2 aromatic rings. The molecule has 0 amide bonds. The molecular formula is C13H12BFO3. The van der Waals surface area contributed by atoms with Gasteiger partial charge in [0.05, 0.1) is 0 Å². The summed E-state index contributed by atoms with van der Waals surface area (Å²) < 4.78 is 19.0. The van der Waals surface area contributed by atoms with Crippen LogP contribution in [0.1, 0.15) is 5.56 Å². The largest absolute Gasteiger partial charge is 0.488 e. The first kappa shape index (κ1) is 12.6. The zero-order valence-corrected chi connectivity index (χ0v) is 9.80. The molecule has 0 aromatic heterocycles. The van der Waals surface area contributed by atoms with Gasteiger partial charge in [0.1, 0.15) is 5.75 Å². The van der Waals surface area contributed by atoms with Gasteiger partial charge in [0.25, 0.3) is 0 Å². The first-order chi connectivity index (χ1) is 8.56. The molecule has 2 aromatic carbocycles. The van der Waals surface area contributed by atoms with Gasteiger partial charge in [0.15, 0.2) is 11.6 Å². The van der Waals surface area contributed by atoms with Gasteiger partial charge in [0.2, 0.25) is 0 Å². The topological polar surface area (TPSA) is 49.7 Å². The van der Waals surface area contributed by atoms with Crippen LogP contribution in [0.2, 0.25) is 0 Å². The molecular weight excluding hydrogens is 234 g/mol. The molecule has 0 fully saturated rings. The van der Waals surface area contributed by atoms with Crippen LogP contribution in [0.15, 0.2) is 42.5 Å². The molecule has 0 aliphatic rings. The monoisotopic (exact) mass is 246 g/mol. The standard InChI is InChI=1S/C13H12BFO3/c1-9-3-2-4-11(7-9)18-13-6-5-10(14(16)17)8-12(13)15/h2-8,16-17H,1H3. The molecule has 0 aliphatic heterocycles. The van der Waals surface area contributed by atoms with Crippen LogP contribution in [0.3, 0.4) is 0 Å². The third-order valence-corrected chi connectivity index (χ3v) is 2.47. The number of benzene rings is 2. The number of rotatable bonds is 3. The molecule has 0 unspecified atom stereocenters. The summed E-state index contributed by atoms with van der Waals surface area (Å²) in [7, 11) is -1.69. The highest BCUT2D eigenvalue weighted by Gasteiger charge is 2.14. The summed E-state index contributed by atoms with van der Waals surface area (Å²) in [5, 5.41) is 17.8. The minimum atomic E-state index is -1.69. The average Bonchev–Trinajstić information content (AvgIpc) is 2.31. The van der Waals surface area contributed by atoms with Crippen LogP contribution >= 0.6 is 0 Å². The summed E-state index contributed by atoms with van der Waals surface area (Å²) in [5.41, 5.74) is 1.10. The van der Waals surface area contributed by atoms with E-state index in [0.29, 0.717) is 5.75 Å². The lowest BCUT2D eigenvalue weighted by Gasteiger charge is -2.08. The number of aryl methyl sites for hydroxylation is 1. The van der Waals surface area contributed by atoms with Crippen molar-refractivity contribution in [3.63, 3.8) is 0 Å². The molecule has 2 N–H and O–H groups in total. The summed E-state index contributed by atoms with van der Waals surface area (Å²) >= 11 is 0. The fraction of sp³-hybridized carbons (Fsp3) is 0.0769. The predicted molar refractivity (Wildman–Crippen MR) is 67.5 cm³/mol. The van der Waals surface area contributed by atoms with E-state index in [-0.39, 0.29) is 11.2 Å². The highest BCUT2D eigenvalue weighted by Crippen LogP contribution is 2.24. The molecule has 0 spiro atoms. The van der Waals surface area contributed by atoms with Gasteiger partial charge in [-0.1, -0.05) is 18.2 Å². The van der Waals surface area contributed by atoms with Crippen LogP contribution in [0, 0.1) is 12.7 Å². The Hall–Kier alpha value is -1.85. The number of ether oxygens (including phenoxy) is 1. The van der Waals surface area contributed by atoms with Crippen molar-refractivity contribution in [2.24, 2.45) is 0 Å². The van der Waals surface area contributed by atoms with Crippen LogP contribution in [-0.2, 0) is 0 Å². The first-order valence-corrected chi connectivity index (χ1v) is 5.46. The Morgan fingerprint density at radius 2 is 1.89 bits per heavy atom. The van der Waals surface area contributed by atoms with Gasteiger partial charge in [-0.2, -0.15) is 0 Å². The van der Waals surface area contributed by atoms with E-state index < -0.39 is 12.9 Å². The summed E-state index contributed by atoms with van der Waals surface area (Å²) in [6.45, 7) is 1.91. The minimum Gasteiger partial charge on any atom is -0.454 e. The van der Waals surface area contributed by atoms with E-state index in [1.807, 2.05) is 19.1 Å². The van der Waals surface area contributed by atoms with Crippen molar-refractivity contribution < 1.29 is 19.2 Å². The molecule has 0 heterocycles. The maximum Gasteiger partial charge on any atom is 0.488 e. The van der Waals surface area contributed by atoms with Crippen LogP contribution < -0.4 is 10.2 Å². The molecule has 5 heteroatoms. The third kappa shape index (κ3) is 2.88. The Labute approximate surface area is 105 Å². The fourth-order valence-corrected chi connectivity index (χ4v) is 1.57. The van der Waals surface area contributed by atoms with Gasteiger partial charge in [-0.05, 0) is 42.2 Å². The highest BCUT2D eigenvalue weighted by molar-refractivity contribution is 6.58. The van der Waals surface area contributed by atoms with Gasteiger partial charge in [-0.15, -0.1) is 0 Å². The minimum absolute atomic E-state index is 0.0463. The van der Waals surface area contributed by atoms with Crippen molar-refractivity contribution >= 4 is 12.6 Å². The van der Waals surface area contributed by atoms with E-state index in [1.165, 1.54) is 12.1 Å². The highest BCUT2D eigenvalue weighted by atomic mass is 19.1. The molecule has 0 saturated heterocycles. The predicted octanol–water partition coefficient (Wildman–Crippen LogP) is 1.61. The van der Waals surface area contributed by atoms with E-state index in [9.17, 15) is 4.39 Å². The first-order valence-electron chi connectivity index (χ1n) is 5.46. The maximum atomic E-state index is 13.6. The lowest BCUT2D eigenvalue weighted by molar-refractivity contribution is 0.423. The molecule has 92 valence electrons. The van der Waals surface area contributed by atoms with Crippen LogP contribution in [0.4, 0.5) is 4.39 Å². The Kier molecular flexibility index (Phi) is 3.65. The lowest BCUT2D eigenvalue weighted by Crippen LogP contribution is -2.29. The lowest BCUT2D eigenvalue weighted by atomic mass is 9.80. The van der Waals surface area contributed by atoms with Gasteiger partial charge >= 0.3 is 7.12 Å². The Morgan fingerprint density at radius 1 is 1.11 bits per heavy atom. The Balaban J connectivity index is 2.24. The summed E-state index contributed by atoms with van der Waals surface area (Å²) in [5.74, 6) is -0.0571. The summed E-state index contributed by atoms with van der Waals surface area (Å²) in [6, 6.07) is 11.0. The molecule has 0 bridgehead atoms. The normalized spacial score (nSPS) is 10.2. The second-order valence-corrected chi connectivity index (χ2v) is 3.98. The Bertz CT molecular complexity index is 558. The zero-order valence-electron chi connectivity index (χ0n) is 9.80. The number of halogens is 1. The second-order valence-electron chi connectivity index (χ2n) is 3.98. The molecule has 18 heavy (non-hydrogen) atoms. The molecule has 3 nitrogen and oxygen atoms in total. The van der Waals surface area contributed by atoms with Crippen LogP contribution in [0.5, 0.6) is 11.5 Å². The van der Waals surface area contributed by atoms with Crippen molar-refractivity contribution in [2.45, 2.75) is 6.92 Å². The molecule has 2 rings (SSSR count). The maximum absolute atomic E-state index is 13.6. The molecule has 0 aliphatic carbocycles. The Morgan fingerprint density at radius 3 is 2.50 bits per heavy atom. The number of hydrogen-bond donors (Lipinski definition) is 2. The van der Waals surface area contributed by atoms with E-state index in [0.717, 1.165) is 11.6 Å².